The van der Waals surface area contributed by atoms with Crippen molar-refractivity contribution in [3.63, 3.8) is 0 Å². The second-order valence-electron chi connectivity index (χ2n) is 3.01. The van der Waals surface area contributed by atoms with Crippen LogP contribution in [0.2, 0.25) is 0 Å². The molecule has 2 N–H and O–H groups in total. The molecule has 68 valence electrons. The second kappa shape index (κ2) is 3.12. The third-order valence-electron chi connectivity index (χ3n) is 1.99. The van der Waals surface area contributed by atoms with Crippen LogP contribution < -0.4 is 5.73 Å². The third-order valence-corrected chi connectivity index (χ3v) is 2.44. The minimum atomic E-state index is 0.521. The lowest BCUT2D eigenvalue weighted by molar-refractivity contribution is 0.778. The van der Waals surface area contributed by atoms with Crippen LogP contribution in [-0.4, -0.2) is 9.78 Å². The molecule has 4 heteroatoms. The molecule has 0 amide bonds. The van der Waals surface area contributed by atoms with E-state index in [9.17, 15) is 0 Å². The number of aromatic nitrogens is 2. The van der Waals surface area contributed by atoms with E-state index in [1.54, 1.807) is 4.68 Å². The number of benzene rings is 1. The molecule has 3 nitrogen and oxygen atoms in total. The van der Waals surface area contributed by atoms with Gasteiger partial charge >= 0.3 is 0 Å². The average molecular weight is 240 g/mol. The fourth-order valence-electron chi connectivity index (χ4n) is 1.44. The van der Waals surface area contributed by atoms with E-state index < -0.39 is 0 Å². The van der Waals surface area contributed by atoms with Gasteiger partial charge in [-0.25, -0.2) is 0 Å². The lowest BCUT2D eigenvalue weighted by atomic mass is 10.1. The highest BCUT2D eigenvalue weighted by molar-refractivity contribution is 9.10. The van der Waals surface area contributed by atoms with Crippen molar-refractivity contribution in [3.05, 3.63) is 28.4 Å². The first-order chi connectivity index (χ1) is 6.20. The normalized spacial score (nSPS) is 11.0. The first kappa shape index (κ1) is 8.72. The van der Waals surface area contributed by atoms with E-state index in [1.165, 1.54) is 0 Å². The fourth-order valence-corrected chi connectivity index (χ4v) is 1.97. The number of rotatable bonds is 1. The summed E-state index contributed by atoms with van der Waals surface area (Å²) in [7, 11) is 1.91. The predicted molar refractivity (Wildman–Crippen MR) is 56.3 cm³/mol. The second-order valence-corrected chi connectivity index (χ2v) is 3.93. The standard InChI is InChI=1S/C9H10BrN3/c1-13-5-7-3-8(10)2-6(4-11)9(7)12-13/h2-3,5H,4,11H2,1H3. The summed E-state index contributed by atoms with van der Waals surface area (Å²) in [6, 6.07) is 4.05. The van der Waals surface area contributed by atoms with E-state index in [1.807, 2.05) is 25.4 Å². The number of halogens is 1. The molecule has 1 aromatic carbocycles. The molecule has 0 atom stereocenters. The van der Waals surface area contributed by atoms with Gasteiger partial charge in [0.25, 0.3) is 0 Å². The zero-order valence-electron chi connectivity index (χ0n) is 7.29. The van der Waals surface area contributed by atoms with Gasteiger partial charge in [0.05, 0.1) is 5.52 Å². The molecule has 0 aliphatic carbocycles. The van der Waals surface area contributed by atoms with E-state index in [4.69, 9.17) is 5.73 Å². The lowest BCUT2D eigenvalue weighted by Gasteiger charge is -1.98. The van der Waals surface area contributed by atoms with Crippen LogP contribution in [0.15, 0.2) is 22.8 Å². The minimum absolute atomic E-state index is 0.521. The van der Waals surface area contributed by atoms with Gasteiger partial charge in [0.15, 0.2) is 0 Å². The quantitative estimate of drug-likeness (QED) is 0.825. The smallest absolute Gasteiger partial charge is 0.0968 e. The third kappa shape index (κ3) is 1.47. The summed E-state index contributed by atoms with van der Waals surface area (Å²) >= 11 is 3.44. The van der Waals surface area contributed by atoms with Crippen molar-refractivity contribution in [1.29, 1.82) is 0 Å². The lowest BCUT2D eigenvalue weighted by Crippen LogP contribution is -1.97. The van der Waals surface area contributed by atoms with Crippen molar-refractivity contribution in [2.24, 2.45) is 12.8 Å². The monoisotopic (exact) mass is 239 g/mol. The van der Waals surface area contributed by atoms with Crippen molar-refractivity contribution < 1.29 is 0 Å². The number of fused-ring (bicyclic) bond motifs is 1. The van der Waals surface area contributed by atoms with Crippen LogP contribution >= 0.6 is 15.9 Å². The summed E-state index contributed by atoms with van der Waals surface area (Å²) in [5, 5.41) is 5.46. The molecule has 1 aromatic heterocycles. The molecule has 0 aliphatic heterocycles. The fraction of sp³-hybridized carbons (Fsp3) is 0.222. The number of hydrogen-bond acceptors (Lipinski definition) is 2. The predicted octanol–water partition coefficient (Wildman–Crippen LogP) is 1.79. The van der Waals surface area contributed by atoms with Crippen LogP contribution in [0.25, 0.3) is 10.9 Å². The Balaban J connectivity index is 2.80. The molecule has 0 fully saturated rings. The van der Waals surface area contributed by atoms with Crippen molar-refractivity contribution in [3.8, 4) is 0 Å². The Morgan fingerprint density at radius 2 is 2.31 bits per heavy atom. The van der Waals surface area contributed by atoms with Crippen LogP contribution in [-0.2, 0) is 13.6 Å². The van der Waals surface area contributed by atoms with E-state index in [0.717, 1.165) is 20.9 Å². The summed E-state index contributed by atoms with van der Waals surface area (Å²) in [5.74, 6) is 0. The molecule has 0 saturated heterocycles. The summed E-state index contributed by atoms with van der Waals surface area (Å²) in [5.41, 5.74) is 7.69. The van der Waals surface area contributed by atoms with Crippen molar-refractivity contribution >= 4 is 26.8 Å². The minimum Gasteiger partial charge on any atom is -0.326 e. The molecule has 2 aromatic rings. The maximum atomic E-state index is 5.62. The molecule has 0 radical (unpaired) electrons. The van der Waals surface area contributed by atoms with E-state index in [2.05, 4.69) is 21.0 Å². The Morgan fingerprint density at radius 3 is 3.00 bits per heavy atom. The van der Waals surface area contributed by atoms with Crippen LogP contribution in [0.4, 0.5) is 0 Å². The van der Waals surface area contributed by atoms with E-state index in [0.29, 0.717) is 6.54 Å². The van der Waals surface area contributed by atoms with Crippen molar-refractivity contribution in [2.45, 2.75) is 6.54 Å². The molecular formula is C9H10BrN3. The maximum absolute atomic E-state index is 5.62. The maximum Gasteiger partial charge on any atom is 0.0968 e. The Kier molecular flexibility index (Phi) is 2.09. The van der Waals surface area contributed by atoms with Gasteiger partial charge in [-0.05, 0) is 17.7 Å². The number of hydrogen-bond donors (Lipinski definition) is 1. The summed E-state index contributed by atoms with van der Waals surface area (Å²) in [4.78, 5) is 0. The van der Waals surface area contributed by atoms with E-state index in [-0.39, 0.29) is 0 Å². The van der Waals surface area contributed by atoms with Gasteiger partial charge in [0, 0.05) is 29.6 Å². The average Bonchev–Trinajstić information content (AvgIpc) is 2.43. The Bertz CT molecular complexity index is 447. The molecule has 0 bridgehead atoms. The molecule has 2 rings (SSSR count). The van der Waals surface area contributed by atoms with Crippen molar-refractivity contribution in [1.82, 2.24) is 9.78 Å². The van der Waals surface area contributed by atoms with Gasteiger partial charge in [-0.1, -0.05) is 15.9 Å². The SMILES string of the molecule is Cn1cc2cc(Br)cc(CN)c2n1. The highest BCUT2D eigenvalue weighted by atomic mass is 79.9. The van der Waals surface area contributed by atoms with Gasteiger partial charge in [-0.3, -0.25) is 4.68 Å². The highest BCUT2D eigenvalue weighted by Crippen LogP contribution is 2.22. The van der Waals surface area contributed by atoms with Gasteiger partial charge in [-0.15, -0.1) is 0 Å². The first-order valence-corrected chi connectivity index (χ1v) is 4.82. The summed E-state index contributed by atoms with van der Waals surface area (Å²) in [6.45, 7) is 0.521. The molecule has 0 saturated carbocycles. The van der Waals surface area contributed by atoms with Gasteiger partial charge in [0.1, 0.15) is 0 Å². The number of aryl methyl sites for hydroxylation is 1. The molecule has 13 heavy (non-hydrogen) atoms. The zero-order chi connectivity index (χ0) is 9.42. The van der Waals surface area contributed by atoms with Crippen LogP contribution in [0.3, 0.4) is 0 Å². The Morgan fingerprint density at radius 1 is 1.54 bits per heavy atom. The zero-order valence-corrected chi connectivity index (χ0v) is 8.87. The molecule has 0 unspecified atom stereocenters. The summed E-state index contributed by atoms with van der Waals surface area (Å²) in [6.07, 6.45) is 1.99. The first-order valence-electron chi connectivity index (χ1n) is 4.02. The van der Waals surface area contributed by atoms with Gasteiger partial charge in [-0.2, -0.15) is 5.10 Å². The Labute approximate surface area is 84.7 Å². The molecule has 0 spiro atoms. The Hall–Kier alpha value is -0.870. The van der Waals surface area contributed by atoms with Crippen LogP contribution in [0.5, 0.6) is 0 Å². The molecule has 0 aliphatic rings. The molecular weight excluding hydrogens is 230 g/mol. The summed E-state index contributed by atoms with van der Waals surface area (Å²) < 4.78 is 2.85. The number of nitrogens with zero attached hydrogens (tertiary/aromatic N) is 2. The van der Waals surface area contributed by atoms with E-state index >= 15 is 0 Å². The molecule has 1 heterocycles. The van der Waals surface area contributed by atoms with Crippen LogP contribution in [0, 0.1) is 0 Å². The van der Waals surface area contributed by atoms with Gasteiger partial charge < -0.3 is 5.73 Å². The largest absolute Gasteiger partial charge is 0.326 e. The van der Waals surface area contributed by atoms with Gasteiger partial charge in [0.2, 0.25) is 0 Å². The number of nitrogens with two attached hydrogens (primary N) is 1. The van der Waals surface area contributed by atoms with Crippen molar-refractivity contribution in [2.75, 3.05) is 0 Å². The van der Waals surface area contributed by atoms with Crippen LogP contribution in [0.1, 0.15) is 5.56 Å². The highest BCUT2D eigenvalue weighted by Gasteiger charge is 2.04. The topological polar surface area (TPSA) is 43.8 Å².